The molecular formula is C21H24ClN3O4. The van der Waals surface area contributed by atoms with Gasteiger partial charge in [0.2, 0.25) is 0 Å². The summed E-state index contributed by atoms with van der Waals surface area (Å²) in [5, 5.41) is 11.7. The number of hydrogen-bond acceptors (Lipinski definition) is 5. The van der Waals surface area contributed by atoms with Gasteiger partial charge in [0.05, 0.1) is 11.5 Å². The summed E-state index contributed by atoms with van der Waals surface area (Å²) >= 11 is 5.89. The number of amides is 1. The highest BCUT2D eigenvalue weighted by Crippen LogP contribution is 2.31. The fourth-order valence-electron chi connectivity index (χ4n) is 3.20. The van der Waals surface area contributed by atoms with Gasteiger partial charge in [0.15, 0.2) is 0 Å². The first-order chi connectivity index (χ1) is 13.8. The number of nitro benzene ring substituents is 1. The Labute approximate surface area is 175 Å². The van der Waals surface area contributed by atoms with E-state index >= 15 is 0 Å². The number of anilines is 1. The first-order valence-corrected chi connectivity index (χ1v) is 9.94. The topological polar surface area (TPSA) is 75.9 Å². The standard InChI is InChI=1S/C21H24ClN3O4/c1-15(2)14-29-18-6-3-16(4-7-18)21(26)24-11-9-23(10-12-24)19-8-5-17(22)13-20(19)25(27)28/h3-8,13,15H,9-12,14H2,1-2H3. The zero-order chi connectivity index (χ0) is 21.0. The highest BCUT2D eigenvalue weighted by atomic mass is 35.5. The van der Waals surface area contributed by atoms with Gasteiger partial charge in [0.25, 0.3) is 11.6 Å². The lowest BCUT2D eigenvalue weighted by Crippen LogP contribution is -2.48. The van der Waals surface area contributed by atoms with Crippen molar-refractivity contribution < 1.29 is 14.5 Å². The smallest absolute Gasteiger partial charge is 0.294 e. The van der Waals surface area contributed by atoms with Gasteiger partial charge in [0.1, 0.15) is 11.4 Å². The number of nitrogens with zero attached hydrogens (tertiary/aromatic N) is 3. The Balaban J connectivity index is 1.62. The van der Waals surface area contributed by atoms with E-state index in [9.17, 15) is 14.9 Å². The monoisotopic (exact) mass is 417 g/mol. The van der Waals surface area contributed by atoms with Gasteiger partial charge in [-0.3, -0.25) is 14.9 Å². The lowest BCUT2D eigenvalue weighted by molar-refractivity contribution is -0.384. The summed E-state index contributed by atoms with van der Waals surface area (Å²) in [4.78, 5) is 27.4. The number of carbonyl (C=O) groups is 1. The Morgan fingerprint density at radius 1 is 1.14 bits per heavy atom. The van der Waals surface area contributed by atoms with Gasteiger partial charge in [-0.15, -0.1) is 0 Å². The number of piperazine rings is 1. The van der Waals surface area contributed by atoms with E-state index in [1.807, 2.05) is 17.0 Å². The summed E-state index contributed by atoms with van der Waals surface area (Å²) in [6.07, 6.45) is 0. The van der Waals surface area contributed by atoms with Crippen LogP contribution in [0.25, 0.3) is 0 Å². The zero-order valence-electron chi connectivity index (χ0n) is 16.5. The zero-order valence-corrected chi connectivity index (χ0v) is 17.3. The van der Waals surface area contributed by atoms with Crippen LogP contribution >= 0.6 is 11.6 Å². The van der Waals surface area contributed by atoms with Gasteiger partial charge in [-0.1, -0.05) is 25.4 Å². The van der Waals surface area contributed by atoms with Crippen LogP contribution in [0.2, 0.25) is 5.02 Å². The van der Waals surface area contributed by atoms with Crippen LogP contribution in [-0.2, 0) is 0 Å². The van der Waals surface area contributed by atoms with Gasteiger partial charge < -0.3 is 14.5 Å². The number of hydrogen-bond donors (Lipinski definition) is 0. The second-order valence-corrected chi connectivity index (χ2v) is 7.84. The third kappa shape index (κ3) is 5.17. The van der Waals surface area contributed by atoms with Gasteiger partial charge in [0, 0.05) is 42.8 Å². The van der Waals surface area contributed by atoms with E-state index in [4.69, 9.17) is 16.3 Å². The van der Waals surface area contributed by atoms with Crippen molar-refractivity contribution in [2.45, 2.75) is 13.8 Å². The molecule has 0 saturated carbocycles. The van der Waals surface area contributed by atoms with Crippen molar-refractivity contribution in [2.24, 2.45) is 5.92 Å². The maximum Gasteiger partial charge on any atom is 0.294 e. The van der Waals surface area contributed by atoms with Crippen LogP contribution in [0.1, 0.15) is 24.2 Å². The number of carbonyl (C=O) groups excluding carboxylic acids is 1. The fraction of sp³-hybridized carbons (Fsp3) is 0.381. The number of ether oxygens (including phenoxy) is 1. The molecule has 3 rings (SSSR count). The number of benzene rings is 2. The van der Waals surface area contributed by atoms with E-state index in [1.54, 1.807) is 29.2 Å². The highest BCUT2D eigenvalue weighted by Gasteiger charge is 2.26. The molecule has 1 aliphatic heterocycles. The summed E-state index contributed by atoms with van der Waals surface area (Å²) in [6, 6.07) is 11.8. The van der Waals surface area contributed by atoms with E-state index in [2.05, 4.69) is 13.8 Å². The molecule has 7 nitrogen and oxygen atoms in total. The molecule has 0 aliphatic carbocycles. The molecule has 0 bridgehead atoms. The molecule has 0 unspecified atom stereocenters. The van der Waals surface area contributed by atoms with Crippen molar-refractivity contribution in [3.05, 3.63) is 63.2 Å². The van der Waals surface area contributed by atoms with Crippen LogP contribution in [0.5, 0.6) is 5.75 Å². The minimum atomic E-state index is -0.429. The van der Waals surface area contributed by atoms with Crippen molar-refractivity contribution in [1.82, 2.24) is 4.90 Å². The van der Waals surface area contributed by atoms with Crippen LogP contribution in [0.3, 0.4) is 0 Å². The van der Waals surface area contributed by atoms with E-state index in [0.717, 1.165) is 5.75 Å². The summed E-state index contributed by atoms with van der Waals surface area (Å²) in [5.41, 5.74) is 1.11. The molecule has 0 N–H and O–H groups in total. The predicted octanol–water partition coefficient (Wildman–Crippen LogP) is 4.25. The minimum Gasteiger partial charge on any atom is -0.493 e. The first-order valence-electron chi connectivity index (χ1n) is 9.56. The Morgan fingerprint density at radius 3 is 2.38 bits per heavy atom. The first kappa shape index (κ1) is 20.9. The average molecular weight is 418 g/mol. The Kier molecular flexibility index (Phi) is 6.59. The van der Waals surface area contributed by atoms with Gasteiger partial charge in [-0.25, -0.2) is 0 Å². The average Bonchev–Trinajstić information content (AvgIpc) is 2.72. The predicted molar refractivity (Wildman–Crippen MR) is 113 cm³/mol. The van der Waals surface area contributed by atoms with E-state index in [1.165, 1.54) is 6.07 Å². The molecule has 1 heterocycles. The van der Waals surface area contributed by atoms with Crippen LogP contribution in [0.15, 0.2) is 42.5 Å². The summed E-state index contributed by atoms with van der Waals surface area (Å²) in [5.74, 6) is 1.13. The number of nitro groups is 1. The van der Waals surface area contributed by atoms with Crippen molar-refractivity contribution in [3.63, 3.8) is 0 Å². The molecule has 0 aromatic heterocycles. The van der Waals surface area contributed by atoms with Gasteiger partial charge >= 0.3 is 0 Å². The SMILES string of the molecule is CC(C)COc1ccc(C(=O)N2CCN(c3ccc(Cl)cc3[N+](=O)[O-])CC2)cc1. The molecule has 0 radical (unpaired) electrons. The van der Waals surface area contributed by atoms with Crippen molar-refractivity contribution in [1.29, 1.82) is 0 Å². The molecule has 8 heteroatoms. The van der Waals surface area contributed by atoms with E-state index < -0.39 is 4.92 Å². The molecule has 154 valence electrons. The summed E-state index contributed by atoms with van der Waals surface area (Å²) in [7, 11) is 0. The molecular weight excluding hydrogens is 394 g/mol. The Hall–Kier alpha value is -2.80. The van der Waals surface area contributed by atoms with Crippen molar-refractivity contribution in [3.8, 4) is 5.75 Å². The van der Waals surface area contributed by atoms with Crippen LogP contribution in [-0.4, -0.2) is 48.5 Å². The molecule has 0 spiro atoms. The maximum absolute atomic E-state index is 12.8. The van der Waals surface area contributed by atoms with Gasteiger partial charge in [-0.05, 0) is 42.3 Å². The van der Waals surface area contributed by atoms with Crippen molar-refractivity contribution >= 4 is 28.9 Å². The normalized spacial score (nSPS) is 14.2. The highest BCUT2D eigenvalue weighted by molar-refractivity contribution is 6.30. The largest absolute Gasteiger partial charge is 0.493 e. The van der Waals surface area contributed by atoms with Crippen LogP contribution in [0.4, 0.5) is 11.4 Å². The van der Waals surface area contributed by atoms with Crippen LogP contribution in [0, 0.1) is 16.0 Å². The molecule has 1 saturated heterocycles. The van der Waals surface area contributed by atoms with Crippen LogP contribution < -0.4 is 9.64 Å². The second kappa shape index (κ2) is 9.13. The molecule has 1 fully saturated rings. The molecule has 2 aromatic rings. The molecule has 1 amide bonds. The minimum absolute atomic E-state index is 0.0192. The fourth-order valence-corrected chi connectivity index (χ4v) is 3.37. The number of rotatable bonds is 6. The lowest BCUT2D eigenvalue weighted by atomic mass is 10.1. The number of halogens is 1. The molecule has 0 atom stereocenters. The summed E-state index contributed by atoms with van der Waals surface area (Å²) < 4.78 is 5.65. The Bertz CT molecular complexity index is 878. The third-order valence-corrected chi connectivity index (χ3v) is 4.96. The molecule has 2 aromatic carbocycles. The molecule has 1 aliphatic rings. The van der Waals surface area contributed by atoms with E-state index in [0.29, 0.717) is 55.0 Å². The Morgan fingerprint density at radius 2 is 1.79 bits per heavy atom. The molecule has 29 heavy (non-hydrogen) atoms. The van der Waals surface area contributed by atoms with E-state index in [-0.39, 0.29) is 11.6 Å². The maximum atomic E-state index is 12.8. The second-order valence-electron chi connectivity index (χ2n) is 7.40. The lowest BCUT2D eigenvalue weighted by Gasteiger charge is -2.35. The van der Waals surface area contributed by atoms with Crippen molar-refractivity contribution in [2.75, 3.05) is 37.7 Å². The quantitative estimate of drug-likeness (QED) is 0.519. The third-order valence-electron chi connectivity index (χ3n) is 4.73. The summed E-state index contributed by atoms with van der Waals surface area (Å²) in [6.45, 7) is 6.81. The van der Waals surface area contributed by atoms with Gasteiger partial charge in [-0.2, -0.15) is 0 Å².